The summed E-state index contributed by atoms with van der Waals surface area (Å²) in [7, 11) is 0. The zero-order valence-corrected chi connectivity index (χ0v) is 12.8. The van der Waals surface area contributed by atoms with Crippen molar-refractivity contribution in [1.82, 2.24) is 10.3 Å². The zero-order valence-electron chi connectivity index (χ0n) is 12.8. The first-order valence-corrected chi connectivity index (χ1v) is 7.56. The molecule has 1 N–H and O–H groups in total. The van der Waals surface area contributed by atoms with Crippen LogP contribution in [0, 0.1) is 17.7 Å². The predicted octanol–water partition coefficient (Wildman–Crippen LogP) is 4.08. The number of fused-ring (bicyclic) bond motifs is 1. The van der Waals surface area contributed by atoms with Gasteiger partial charge in [-0.25, -0.2) is 4.39 Å². The van der Waals surface area contributed by atoms with Gasteiger partial charge in [0.25, 0.3) is 5.91 Å². The van der Waals surface area contributed by atoms with Gasteiger partial charge < -0.3 is 5.32 Å². The molecule has 1 amide bonds. The van der Waals surface area contributed by atoms with Crippen LogP contribution in [0.25, 0.3) is 22.3 Å². The van der Waals surface area contributed by atoms with E-state index in [0.717, 1.165) is 11.6 Å². The molecule has 0 aliphatic carbocycles. The first-order chi connectivity index (χ1) is 12.0. The minimum Gasteiger partial charge on any atom is -0.348 e. The highest BCUT2D eigenvalue weighted by molar-refractivity contribution is 6.01. The number of pyridine rings is 1. The molecule has 6 heteroatoms. The second-order valence-corrected chi connectivity index (χ2v) is 5.72. The van der Waals surface area contributed by atoms with Gasteiger partial charge in [0.1, 0.15) is 5.82 Å². The number of carbonyl (C=O) groups excluding carboxylic acids is 1. The summed E-state index contributed by atoms with van der Waals surface area (Å²) in [6.07, 6.45) is 0. The monoisotopic (exact) mass is 340 g/mol. The number of hydrogen-bond donors (Lipinski definition) is 1. The van der Waals surface area contributed by atoms with Gasteiger partial charge in [0.2, 0.25) is 11.9 Å². The summed E-state index contributed by atoms with van der Waals surface area (Å²) in [6, 6.07) is 11.4. The number of benzene rings is 2. The van der Waals surface area contributed by atoms with Crippen LogP contribution in [0.15, 0.2) is 48.5 Å². The zero-order chi connectivity index (χ0) is 17.6. The molecule has 0 atom stereocenters. The summed E-state index contributed by atoms with van der Waals surface area (Å²) in [5.41, 5.74) is 2.94. The molecule has 0 saturated heterocycles. The maximum Gasteiger partial charge on any atom is 0.251 e. The number of rotatable bonds is 2. The summed E-state index contributed by atoms with van der Waals surface area (Å²) < 4.78 is 40.6. The van der Waals surface area contributed by atoms with Crippen LogP contribution in [0.4, 0.5) is 13.2 Å². The molecular formula is C19H11F3N2O. The molecule has 0 radical (unpaired) electrons. The van der Waals surface area contributed by atoms with Crippen LogP contribution in [0.2, 0.25) is 0 Å². The molecule has 2 aromatic carbocycles. The van der Waals surface area contributed by atoms with E-state index in [-0.39, 0.29) is 11.5 Å². The van der Waals surface area contributed by atoms with Gasteiger partial charge in [-0.2, -0.15) is 13.8 Å². The Hall–Kier alpha value is -3.15. The van der Waals surface area contributed by atoms with Crippen LogP contribution in [0.5, 0.6) is 0 Å². The number of nitrogens with zero attached hydrogens (tertiary/aromatic N) is 1. The van der Waals surface area contributed by atoms with Gasteiger partial charge in [-0.3, -0.25) is 4.79 Å². The fourth-order valence-corrected chi connectivity index (χ4v) is 2.98. The lowest BCUT2D eigenvalue weighted by Crippen LogP contribution is -2.12. The van der Waals surface area contributed by atoms with Crippen LogP contribution in [0.3, 0.4) is 0 Å². The third kappa shape index (κ3) is 2.65. The van der Waals surface area contributed by atoms with Crippen molar-refractivity contribution in [2.24, 2.45) is 0 Å². The van der Waals surface area contributed by atoms with Crippen molar-refractivity contribution in [3.63, 3.8) is 0 Å². The van der Waals surface area contributed by atoms with E-state index in [4.69, 9.17) is 0 Å². The molecule has 0 bridgehead atoms. The van der Waals surface area contributed by atoms with E-state index in [0.29, 0.717) is 28.8 Å². The normalized spacial score (nSPS) is 12.8. The molecule has 0 spiro atoms. The van der Waals surface area contributed by atoms with Crippen molar-refractivity contribution in [2.75, 3.05) is 0 Å². The van der Waals surface area contributed by atoms with Gasteiger partial charge in [-0.1, -0.05) is 12.1 Å². The van der Waals surface area contributed by atoms with Gasteiger partial charge in [-0.05, 0) is 58.7 Å². The van der Waals surface area contributed by atoms with Crippen molar-refractivity contribution in [3.8, 4) is 22.3 Å². The predicted molar refractivity (Wildman–Crippen MR) is 86.2 cm³/mol. The lowest BCUT2D eigenvalue weighted by atomic mass is 9.91. The Morgan fingerprint density at radius 3 is 2.32 bits per heavy atom. The van der Waals surface area contributed by atoms with E-state index in [9.17, 15) is 18.0 Å². The van der Waals surface area contributed by atoms with Crippen molar-refractivity contribution in [2.45, 2.75) is 6.54 Å². The summed E-state index contributed by atoms with van der Waals surface area (Å²) in [6.45, 7) is 0.334. The van der Waals surface area contributed by atoms with Crippen molar-refractivity contribution in [3.05, 3.63) is 77.4 Å². The second-order valence-electron chi connectivity index (χ2n) is 5.72. The minimum absolute atomic E-state index is 0.114. The highest BCUT2D eigenvalue weighted by Gasteiger charge is 2.23. The number of halogens is 3. The van der Waals surface area contributed by atoms with Gasteiger partial charge in [0.05, 0.1) is 0 Å². The molecule has 3 nitrogen and oxygen atoms in total. The van der Waals surface area contributed by atoms with E-state index in [1.165, 1.54) is 18.2 Å². The molecule has 4 rings (SSSR count). The SMILES string of the molecule is O=C1NCc2cc(-c3ccc(F)nc3F)c(-c3ccc(F)cc3)cc21. The molecule has 2 heterocycles. The number of aromatic nitrogens is 1. The van der Waals surface area contributed by atoms with Gasteiger partial charge in [-0.15, -0.1) is 0 Å². The fraction of sp³-hybridized carbons (Fsp3) is 0.0526. The maximum atomic E-state index is 14.2. The molecule has 0 saturated carbocycles. The van der Waals surface area contributed by atoms with Crippen LogP contribution in [0.1, 0.15) is 15.9 Å². The Kier molecular flexibility index (Phi) is 3.53. The Labute approximate surface area is 141 Å². The standard InChI is InChI=1S/C19H11F3N2O/c20-12-3-1-10(2-4-12)14-8-15-11(9-23-19(15)25)7-16(14)13-5-6-17(21)24-18(13)22/h1-8H,9H2,(H,23,25). The quantitative estimate of drug-likeness (QED) is 0.715. The molecule has 0 fully saturated rings. The van der Waals surface area contributed by atoms with Gasteiger partial charge >= 0.3 is 0 Å². The first kappa shape index (κ1) is 15.4. The third-order valence-electron chi connectivity index (χ3n) is 4.19. The second kappa shape index (κ2) is 5.73. The first-order valence-electron chi connectivity index (χ1n) is 7.56. The molecule has 1 aromatic heterocycles. The molecular weight excluding hydrogens is 329 g/mol. The molecule has 1 aliphatic heterocycles. The largest absolute Gasteiger partial charge is 0.348 e. The summed E-state index contributed by atoms with van der Waals surface area (Å²) in [5, 5.41) is 2.71. The van der Waals surface area contributed by atoms with E-state index in [1.54, 1.807) is 24.3 Å². The van der Waals surface area contributed by atoms with Crippen molar-refractivity contribution < 1.29 is 18.0 Å². The molecule has 3 aromatic rings. The smallest absolute Gasteiger partial charge is 0.251 e. The van der Waals surface area contributed by atoms with Crippen LogP contribution >= 0.6 is 0 Å². The average molecular weight is 340 g/mol. The van der Waals surface area contributed by atoms with Gasteiger partial charge in [0.15, 0.2) is 0 Å². The van der Waals surface area contributed by atoms with E-state index >= 15 is 0 Å². The molecule has 1 aliphatic rings. The fourth-order valence-electron chi connectivity index (χ4n) is 2.98. The topological polar surface area (TPSA) is 42.0 Å². The summed E-state index contributed by atoms with van der Waals surface area (Å²) in [5.74, 6) is -2.48. The summed E-state index contributed by atoms with van der Waals surface area (Å²) in [4.78, 5) is 15.2. The lowest BCUT2D eigenvalue weighted by Gasteiger charge is -2.13. The Balaban J connectivity index is 1.99. The van der Waals surface area contributed by atoms with Crippen LogP contribution < -0.4 is 5.32 Å². The maximum absolute atomic E-state index is 14.2. The lowest BCUT2D eigenvalue weighted by molar-refractivity contribution is 0.0966. The molecule has 0 unspecified atom stereocenters. The molecule has 25 heavy (non-hydrogen) atoms. The average Bonchev–Trinajstić information content (AvgIpc) is 2.95. The van der Waals surface area contributed by atoms with Crippen molar-refractivity contribution >= 4 is 5.91 Å². The number of hydrogen-bond acceptors (Lipinski definition) is 2. The third-order valence-corrected chi connectivity index (χ3v) is 4.19. The van der Waals surface area contributed by atoms with E-state index in [2.05, 4.69) is 10.3 Å². The molecule has 124 valence electrons. The Morgan fingerprint density at radius 2 is 1.60 bits per heavy atom. The van der Waals surface area contributed by atoms with Gasteiger partial charge in [0, 0.05) is 17.7 Å². The number of carbonyl (C=O) groups is 1. The highest BCUT2D eigenvalue weighted by atomic mass is 19.1. The van der Waals surface area contributed by atoms with Crippen LogP contribution in [-0.4, -0.2) is 10.9 Å². The Bertz CT molecular complexity index is 1000. The number of amides is 1. The number of nitrogens with one attached hydrogen (secondary N) is 1. The highest BCUT2D eigenvalue weighted by Crippen LogP contribution is 2.36. The van der Waals surface area contributed by atoms with E-state index < -0.39 is 17.7 Å². The Morgan fingerprint density at radius 1 is 0.840 bits per heavy atom. The minimum atomic E-state index is -0.944. The summed E-state index contributed by atoms with van der Waals surface area (Å²) >= 11 is 0. The van der Waals surface area contributed by atoms with Crippen molar-refractivity contribution in [1.29, 1.82) is 0 Å². The van der Waals surface area contributed by atoms with Crippen LogP contribution in [-0.2, 0) is 6.54 Å². The van der Waals surface area contributed by atoms with E-state index in [1.807, 2.05) is 0 Å².